The molecule has 0 aliphatic rings. The quantitative estimate of drug-likeness (QED) is 0.551. The van der Waals surface area contributed by atoms with Gasteiger partial charge in [-0.2, -0.15) is 0 Å². The molecule has 0 bridgehead atoms. The number of hydrogen-bond acceptors (Lipinski definition) is 2. The van der Waals surface area contributed by atoms with Gasteiger partial charge in [-0.15, -0.1) is 0 Å². The van der Waals surface area contributed by atoms with Gasteiger partial charge in [0.1, 0.15) is 0 Å². The minimum Gasteiger partial charge on any atom is -0.374 e. The largest absolute Gasteiger partial charge is 0.374 e. The molecule has 0 aromatic heterocycles. The number of nitrogens with one attached hydrogen (secondary N) is 1. The van der Waals surface area contributed by atoms with E-state index in [1.807, 2.05) is 0 Å². The molecule has 2 nitrogen and oxygen atoms in total. The van der Waals surface area contributed by atoms with Crippen molar-refractivity contribution in [3.8, 4) is 0 Å². The maximum absolute atomic E-state index is 5.96. The van der Waals surface area contributed by atoms with Crippen molar-refractivity contribution in [3.63, 3.8) is 0 Å². The second-order valence-electron chi connectivity index (χ2n) is 5.32. The molecular formula is C15H33NO. The van der Waals surface area contributed by atoms with Crippen molar-refractivity contribution in [2.75, 3.05) is 6.54 Å². The van der Waals surface area contributed by atoms with Crippen LogP contribution in [0.4, 0.5) is 0 Å². The lowest BCUT2D eigenvalue weighted by molar-refractivity contribution is 0.00263. The summed E-state index contributed by atoms with van der Waals surface area (Å²) >= 11 is 0. The molecule has 0 rings (SSSR count). The molecule has 0 fully saturated rings. The molecule has 17 heavy (non-hydrogen) atoms. The van der Waals surface area contributed by atoms with E-state index >= 15 is 0 Å². The molecule has 0 aromatic rings. The number of ether oxygens (including phenoxy) is 1. The first-order valence-corrected chi connectivity index (χ1v) is 7.48. The van der Waals surface area contributed by atoms with Gasteiger partial charge in [0.25, 0.3) is 0 Å². The second-order valence-corrected chi connectivity index (χ2v) is 5.32. The third-order valence-corrected chi connectivity index (χ3v) is 3.29. The SMILES string of the molecule is CCCCCCC(C)OC(C)CNC(C)CC. The highest BCUT2D eigenvalue weighted by Crippen LogP contribution is 2.09. The van der Waals surface area contributed by atoms with Crippen LogP contribution in [0.2, 0.25) is 0 Å². The van der Waals surface area contributed by atoms with E-state index in [1.54, 1.807) is 0 Å². The fraction of sp³-hybridized carbons (Fsp3) is 1.00. The molecule has 0 saturated carbocycles. The molecule has 2 heteroatoms. The zero-order valence-corrected chi connectivity index (χ0v) is 12.6. The standard InChI is InChI=1S/C15H33NO/c1-6-8-9-10-11-14(4)17-15(5)12-16-13(3)7-2/h13-16H,6-12H2,1-5H3. The van der Waals surface area contributed by atoms with Gasteiger partial charge in [-0.05, 0) is 33.6 Å². The van der Waals surface area contributed by atoms with Crippen LogP contribution in [0.1, 0.15) is 73.1 Å². The van der Waals surface area contributed by atoms with E-state index < -0.39 is 0 Å². The van der Waals surface area contributed by atoms with Crippen LogP contribution in [0.25, 0.3) is 0 Å². The van der Waals surface area contributed by atoms with E-state index in [1.165, 1.54) is 38.5 Å². The highest BCUT2D eigenvalue weighted by atomic mass is 16.5. The lowest BCUT2D eigenvalue weighted by Crippen LogP contribution is -2.34. The Morgan fingerprint density at radius 3 is 2.24 bits per heavy atom. The van der Waals surface area contributed by atoms with Crippen molar-refractivity contribution in [2.24, 2.45) is 0 Å². The van der Waals surface area contributed by atoms with Crippen LogP contribution in [0, 0.1) is 0 Å². The molecule has 0 spiro atoms. The number of unbranched alkanes of at least 4 members (excludes halogenated alkanes) is 3. The van der Waals surface area contributed by atoms with E-state index in [-0.39, 0.29) is 0 Å². The summed E-state index contributed by atoms with van der Waals surface area (Å²) in [4.78, 5) is 0. The van der Waals surface area contributed by atoms with Crippen molar-refractivity contribution < 1.29 is 4.74 Å². The Hall–Kier alpha value is -0.0800. The van der Waals surface area contributed by atoms with Crippen LogP contribution in [-0.2, 0) is 4.74 Å². The molecule has 0 aliphatic carbocycles. The van der Waals surface area contributed by atoms with Gasteiger partial charge in [0.15, 0.2) is 0 Å². The lowest BCUT2D eigenvalue weighted by atomic mass is 10.1. The Labute approximate surface area is 109 Å². The monoisotopic (exact) mass is 243 g/mol. The summed E-state index contributed by atoms with van der Waals surface area (Å²) in [5.74, 6) is 0. The van der Waals surface area contributed by atoms with Crippen LogP contribution in [0.15, 0.2) is 0 Å². The highest BCUT2D eigenvalue weighted by Gasteiger charge is 2.09. The lowest BCUT2D eigenvalue weighted by Gasteiger charge is -2.21. The summed E-state index contributed by atoms with van der Waals surface area (Å²) in [6.07, 6.45) is 8.44. The average molecular weight is 243 g/mol. The van der Waals surface area contributed by atoms with Crippen molar-refractivity contribution in [1.82, 2.24) is 5.32 Å². The molecule has 1 N–H and O–H groups in total. The second kappa shape index (κ2) is 11.0. The van der Waals surface area contributed by atoms with Crippen molar-refractivity contribution in [1.29, 1.82) is 0 Å². The first-order chi connectivity index (χ1) is 8.10. The Bertz CT molecular complexity index is 161. The van der Waals surface area contributed by atoms with Gasteiger partial charge >= 0.3 is 0 Å². The molecule has 0 heterocycles. The summed E-state index contributed by atoms with van der Waals surface area (Å²) < 4.78 is 5.96. The zero-order chi connectivity index (χ0) is 13.1. The minimum atomic E-state index is 0.324. The molecule has 0 aromatic carbocycles. The van der Waals surface area contributed by atoms with Crippen LogP contribution < -0.4 is 5.32 Å². The number of hydrogen-bond donors (Lipinski definition) is 1. The summed E-state index contributed by atoms with van der Waals surface area (Å²) in [6, 6.07) is 0.598. The highest BCUT2D eigenvalue weighted by molar-refractivity contribution is 4.63. The molecule has 0 radical (unpaired) electrons. The normalized spacial score (nSPS) is 16.8. The molecule has 0 saturated heterocycles. The topological polar surface area (TPSA) is 21.3 Å². The van der Waals surface area contributed by atoms with Crippen molar-refractivity contribution in [2.45, 2.75) is 91.4 Å². The van der Waals surface area contributed by atoms with Gasteiger partial charge in [0.05, 0.1) is 12.2 Å². The predicted octanol–water partition coefficient (Wildman–Crippen LogP) is 4.14. The van der Waals surface area contributed by atoms with Crippen LogP contribution in [-0.4, -0.2) is 24.8 Å². The van der Waals surface area contributed by atoms with Gasteiger partial charge in [0, 0.05) is 12.6 Å². The summed E-state index contributed by atoms with van der Waals surface area (Å²) in [5, 5.41) is 3.49. The molecule has 3 unspecified atom stereocenters. The molecule has 0 amide bonds. The van der Waals surface area contributed by atoms with E-state index in [0.29, 0.717) is 18.2 Å². The third kappa shape index (κ3) is 10.8. The smallest absolute Gasteiger partial charge is 0.0675 e. The first-order valence-electron chi connectivity index (χ1n) is 7.48. The van der Waals surface area contributed by atoms with E-state index in [2.05, 4.69) is 39.9 Å². The van der Waals surface area contributed by atoms with E-state index in [4.69, 9.17) is 4.74 Å². The summed E-state index contributed by atoms with van der Waals surface area (Å²) in [7, 11) is 0. The Morgan fingerprint density at radius 2 is 1.65 bits per heavy atom. The van der Waals surface area contributed by atoms with Crippen molar-refractivity contribution in [3.05, 3.63) is 0 Å². The Balaban J connectivity index is 3.48. The summed E-state index contributed by atoms with van der Waals surface area (Å²) in [5.41, 5.74) is 0. The molecule has 3 atom stereocenters. The molecular weight excluding hydrogens is 210 g/mol. The fourth-order valence-corrected chi connectivity index (χ4v) is 1.88. The third-order valence-electron chi connectivity index (χ3n) is 3.29. The Morgan fingerprint density at radius 1 is 0.941 bits per heavy atom. The number of rotatable bonds is 11. The molecule has 0 aliphatic heterocycles. The first kappa shape index (κ1) is 16.9. The Kier molecular flexibility index (Phi) is 11.0. The van der Waals surface area contributed by atoms with E-state index in [9.17, 15) is 0 Å². The van der Waals surface area contributed by atoms with Crippen LogP contribution in [0.5, 0.6) is 0 Å². The van der Waals surface area contributed by atoms with Crippen LogP contribution in [0.3, 0.4) is 0 Å². The summed E-state index contributed by atoms with van der Waals surface area (Å²) in [6.45, 7) is 12.0. The average Bonchev–Trinajstić information content (AvgIpc) is 2.31. The van der Waals surface area contributed by atoms with Gasteiger partial charge < -0.3 is 10.1 Å². The maximum atomic E-state index is 5.96. The van der Waals surface area contributed by atoms with Gasteiger partial charge in [-0.1, -0.05) is 39.5 Å². The predicted molar refractivity (Wildman–Crippen MR) is 76.5 cm³/mol. The van der Waals surface area contributed by atoms with E-state index in [0.717, 1.165) is 6.54 Å². The van der Waals surface area contributed by atoms with Crippen molar-refractivity contribution >= 4 is 0 Å². The van der Waals surface area contributed by atoms with Gasteiger partial charge in [-0.25, -0.2) is 0 Å². The zero-order valence-electron chi connectivity index (χ0n) is 12.6. The maximum Gasteiger partial charge on any atom is 0.0675 e. The van der Waals surface area contributed by atoms with Crippen LogP contribution >= 0.6 is 0 Å². The fourth-order valence-electron chi connectivity index (χ4n) is 1.88. The molecule has 104 valence electrons. The minimum absolute atomic E-state index is 0.324. The van der Waals surface area contributed by atoms with Gasteiger partial charge in [0.2, 0.25) is 0 Å². The van der Waals surface area contributed by atoms with Gasteiger partial charge in [-0.3, -0.25) is 0 Å².